The number of hydrogen-bond donors (Lipinski definition) is 10. The van der Waals surface area contributed by atoms with E-state index in [0.717, 1.165) is 0 Å². The van der Waals surface area contributed by atoms with Crippen molar-refractivity contribution < 1.29 is 65.4 Å². The number of aldehydes is 1. The van der Waals surface area contributed by atoms with Gasteiger partial charge in [-0.15, -0.1) is 0 Å². The molecule has 9 atom stereocenters. The quantitative estimate of drug-likeness (QED) is 0.194. The highest BCUT2D eigenvalue weighted by Crippen LogP contribution is 2.19. The van der Waals surface area contributed by atoms with Crippen molar-refractivity contribution >= 4 is 12.3 Å². The molecule has 1 aliphatic heterocycles. The van der Waals surface area contributed by atoms with E-state index < -0.39 is 67.7 Å². The summed E-state index contributed by atoms with van der Waals surface area (Å²) in [5.74, 6) is -1.52. The Hall–Kier alpha value is -1.26. The fourth-order valence-corrected chi connectivity index (χ4v) is 1.68. The minimum atomic E-state index is -1.81. The number of rotatable bonds is 6. The predicted octanol–water partition coefficient (Wildman–Crippen LogP) is -6.51. The van der Waals surface area contributed by atoms with Gasteiger partial charge in [0.25, 0.3) is 0 Å². The maximum atomic E-state index is 10.4. The standard InChI is InChI=1S/C6H10O7.C6H12O6/c7-1-2(8)4(5(10)11)13-6(12)3(1)9;7-1-3(9)5(11)6(12)4(10)2-8/h1-4,6-9,12H,(H,10,11);1,3-6,8-12H,2H2/t1-,2+,3+,4-,6-;/m0./s1. The van der Waals surface area contributed by atoms with Crippen LogP contribution in [0.2, 0.25) is 0 Å². The summed E-state index contributed by atoms with van der Waals surface area (Å²) in [6.07, 6.45) is -15.6. The average Bonchev–Trinajstić information content (AvgIpc) is 2.60. The van der Waals surface area contributed by atoms with E-state index in [0.29, 0.717) is 0 Å². The lowest BCUT2D eigenvalue weighted by Crippen LogP contribution is -2.59. The van der Waals surface area contributed by atoms with Gasteiger partial charge in [0.2, 0.25) is 0 Å². The van der Waals surface area contributed by atoms with Gasteiger partial charge in [0, 0.05) is 0 Å². The fraction of sp³-hybridized carbons (Fsp3) is 0.833. The van der Waals surface area contributed by atoms with Crippen molar-refractivity contribution in [2.24, 2.45) is 0 Å². The third-order valence-corrected chi connectivity index (χ3v) is 3.25. The maximum Gasteiger partial charge on any atom is 0.335 e. The molecule has 0 aromatic heterocycles. The first-order chi connectivity index (χ1) is 11.5. The number of aliphatic carboxylic acids is 1. The van der Waals surface area contributed by atoms with Gasteiger partial charge in [0.1, 0.15) is 42.7 Å². The molecule has 0 aliphatic carbocycles. The van der Waals surface area contributed by atoms with Crippen molar-refractivity contribution in [2.75, 3.05) is 6.61 Å². The second kappa shape index (κ2) is 10.7. The summed E-state index contributed by atoms with van der Waals surface area (Å²) in [5, 5.41) is 87.9. The van der Waals surface area contributed by atoms with Crippen LogP contribution in [0.4, 0.5) is 0 Å². The first-order valence-corrected chi connectivity index (χ1v) is 6.88. The van der Waals surface area contributed by atoms with Gasteiger partial charge in [0.05, 0.1) is 6.61 Å². The first kappa shape index (κ1) is 23.7. The van der Waals surface area contributed by atoms with Crippen molar-refractivity contribution in [3.63, 3.8) is 0 Å². The van der Waals surface area contributed by atoms with Crippen LogP contribution in [0.1, 0.15) is 0 Å². The monoisotopic (exact) mass is 374 g/mol. The Morgan fingerprint density at radius 2 is 1.48 bits per heavy atom. The van der Waals surface area contributed by atoms with Crippen LogP contribution in [-0.2, 0) is 14.3 Å². The molecular formula is C12H22O13. The van der Waals surface area contributed by atoms with E-state index in [1.54, 1.807) is 0 Å². The second-order valence-electron chi connectivity index (χ2n) is 5.12. The number of ether oxygens (including phenoxy) is 1. The van der Waals surface area contributed by atoms with Crippen LogP contribution >= 0.6 is 0 Å². The molecule has 4 unspecified atom stereocenters. The Morgan fingerprint density at radius 1 is 0.960 bits per heavy atom. The summed E-state index contributed by atoms with van der Waals surface area (Å²) >= 11 is 0. The summed E-state index contributed by atoms with van der Waals surface area (Å²) in [5.41, 5.74) is 0. The SMILES string of the molecule is O=C(O)[C@H]1O[C@H](O)[C@H](O)[C@@H](O)[C@H]1O.O=CC(O)C(O)C(O)C(O)CO. The molecule has 0 aromatic carbocycles. The molecule has 0 bridgehead atoms. The van der Waals surface area contributed by atoms with Crippen LogP contribution in [0.5, 0.6) is 0 Å². The van der Waals surface area contributed by atoms with Crippen LogP contribution in [-0.4, -0.2) is 125 Å². The Labute approximate surface area is 140 Å². The van der Waals surface area contributed by atoms with Gasteiger partial charge in [0.15, 0.2) is 18.7 Å². The van der Waals surface area contributed by atoms with Gasteiger partial charge >= 0.3 is 5.97 Å². The topological polar surface area (TPSA) is 246 Å². The summed E-state index contributed by atoms with van der Waals surface area (Å²) in [7, 11) is 0. The van der Waals surface area contributed by atoms with E-state index >= 15 is 0 Å². The normalized spacial score (nSPS) is 34.0. The molecular weight excluding hydrogens is 352 g/mol. The number of carbonyl (C=O) groups is 2. The van der Waals surface area contributed by atoms with E-state index in [-0.39, 0.29) is 6.29 Å². The summed E-state index contributed by atoms with van der Waals surface area (Å²) in [4.78, 5) is 20.3. The van der Waals surface area contributed by atoms with Crippen molar-refractivity contribution in [1.82, 2.24) is 0 Å². The smallest absolute Gasteiger partial charge is 0.335 e. The molecule has 0 radical (unpaired) electrons. The van der Waals surface area contributed by atoms with Gasteiger partial charge in [-0.2, -0.15) is 0 Å². The Kier molecular flexibility index (Phi) is 10.1. The van der Waals surface area contributed by atoms with Gasteiger partial charge in [-0.05, 0) is 0 Å². The maximum absolute atomic E-state index is 10.4. The number of carboxylic acids is 1. The molecule has 25 heavy (non-hydrogen) atoms. The third kappa shape index (κ3) is 6.52. The number of carbonyl (C=O) groups excluding carboxylic acids is 1. The average molecular weight is 374 g/mol. The highest BCUT2D eigenvalue weighted by atomic mass is 16.6. The Morgan fingerprint density at radius 3 is 1.88 bits per heavy atom. The molecule has 148 valence electrons. The van der Waals surface area contributed by atoms with Crippen LogP contribution in [0.25, 0.3) is 0 Å². The van der Waals surface area contributed by atoms with E-state index in [2.05, 4.69) is 4.74 Å². The van der Waals surface area contributed by atoms with E-state index in [1.807, 2.05) is 0 Å². The lowest BCUT2D eigenvalue weighted by molar-refractivity contribution is -0.279. The first-order valence-electron chi connectivity index (χ1n) is 6.88. The van der Waals surface area contributed by atoms with Crippen molar-refractivity contribution in [3.05, 3.63) is 0 Å². The Bertz CT molecular complexity index is 418. The minimum Gasteiger partial charge on any atom is -0.479 e. The zero-order valence-electron chi connectivity index (χ0n) is 12.7. The highest BCUT2D eigenvalue weighted by molar-refractivity contribution is 5.73. The molecule has 13 nitrogen and oxygen atoms in total. The van der Waals surface area contributed by atoms with Gasteiger partial charge < -0.3 is 60.6 Å². The molecule has 1 saturated heterocycles. The fourth-order valence-electron chi connectivity index (χ4n) is 1.68. The number of carboxylic acid groups (broad SMARTS) is 1. The lowest BCUT2D eigenvalue weighted by Gasteiger charge is -2.36. The number of hydrogen-bond acceptors (Lipinski definition) is 12. The van der Waals surface area contributed by atoms with Gasteiger partial charge in [-0.25, -0.2) is 4.79 Å². The third-order valence-electron chi connectivity index (χ3n) is 3.25. The van der Waals surface area contributed by atoms with E-state index in [9.17, 15) is 9.59 Å². The lowest BCUT2D eigenvalue weighted by atomic mass is 9.99. The van der Waals surface area contributed by atoms with Crippen LogP contribution < -0.4 is 0 Å². The van der Waals surface area contributed by atoms with E-state index in [4.69, 9.17) is 51.1 Å². The molecule has 1 fully saturated rings. The summed E-state index contributed by atoms with van der Waals surface area (Å²) in [6, 6.07) is 0. The highest BCUT2D eigenvalue weighted by Gasteiger charge is 2.46. The summed E-state index contributed by atoms with van der Waals surface area (Å²) < 4.78 is 4.34. The Balaban J connectivity index is 0.000000463. The molecule has 1 heterocycles. The second-order valence-corrected chi connectivity index (χ2v) is 5.12. The molecule has 1 rings (SSSR count). The van der Waals surface area contributed by atoms with Gasteiger partial charge in [-0.1, -0.05) is 0 Å². The van der Waals surface area contributed by atoms with Crippen LogP contribution in [0.3, 0.4) is 0 Å². The van der Waals surface area contributed by atoms with Crippen LogP contribution in [0.15, 0.2) is 0 Å². The zero-order valence-corrected chi connectivity index (χ0v) is 12.7. The van der Waals surface area contributed by atoms with Crippen LogP contribution in [0, 0.1) is 0 Å². The predicted molar refractivity (Wildman–Crippen MR) is 73.7 cm³/mol. The molecule has 10 N–H and O–H groups in total. The van der Waals surface area contributed by atoms with Crippen molar-refractivity contribution in [2.45, 2.75) is 55.1 Å². The largest absolute Gasteiger partial charge is 0.479 e. The molecule has 0 aromatic rings. The molecule has 13 heteroatoms. The summed E-state index contributed by atoms with van der Waals surface area (Å²) in [6.45, 7) is -0.760. The van der Waals surface area contributed by atoms with E-state index in [1.165, 1.54) is 0 Å². The molecule has 1 aliphatic rings. The van der Waals surface area contributed by atoms with Crippen molar-refractivity contribution in [3.8, 4) is 0 Å². The zero-order chi connectivity index (χ0) is 19.9. The van der Waals surface area contributed by atoms with Crippen molar-refractivity contribution in [1.29, 1.82) is 0 Å². The van der Waals surface area contributed by atoms with Gasteiger partial charge in [-0.3, -0.25) is 0 Å². The molecule has 0 saturated carbocycles. The molecule has 0 spiro atoms. The molecule has 0 amide bonds. The minimum absolute atomic E-state index is 0.0258. The number of aliphatic hydroxyl groups excluding tert-OH is 9. The number of aliphatic hydroxyl groups is 9.